The summed E-state index contributed by atoms with van der Waals surface area (Å²) in [4.78, 5) is 28.0. The van der Waals surface area contributed by atoms with E-state index in [9.17, 15) is 9.59 Å². The topological polar surface area (TPSA) is 58.6 Å². The molecule has 1 N–H and O–H groups in total. The van der Waals surface area contributed by atoms with Crippen molar-refractivity contribution in [2.24, 2.45) is 0 Å². The van der Waals surface area contributed by atoms with Gasteiger partial charge in [-0.2, -0.15) is 0 Å². The number of rotatable bonds is 6. The summed E-state index contributed by atoms with van der Waals surface area (Å²) in [5, 5.41) is 2.81. The van der Waals surface area contributed by atoms with E-state index in [2.05, 4.69) is 5.32 Å². The van der Waals surface area contributed by atoms with Gasteiger partial charge in [-0.15, -0.1) is 11.3 Å². The van der Waals surface area contributed by atoms with Crippen LogP contribution in [0.25, 0.3) is 10.4 Å². The Morgan fingerprint density at radius 1 is 1.07 bits per heavy atom. The molecule has 2 amide bonds. The molecule has 0 unspecified atom stereocenters. The quantitative estimate of drug-likeness (QED) is 0.672. The average Bonchev–Trinajstić information content (AvgIpc) is 3.14. The number of carbonyl (C=O) groups is 2. The zero-order valence-corrected chi connectivity index (χ0v) is 16.9. The third-order valence-electron chi connectivity index (χ3n) is 4.23. The van der Waals surface area contributed by atoms with Crippen LogP contribution in [0.4, 0.5) is 5.69 Å². The first kappa shape index (κ1) is 19.6. The first-order valence-electron chi connectivity index (χ1n) is 8.83. The second-order valence-electron chi connectivity index (χ2n) is 6.45. The maximum absolute atomic E-state index is 12.9. The molecule has 6 heteroatoms. The number of amides is 2. The summed E-state index contributed by atoms with van der Waals surface area (Å²) in [7, 11) is 3.15. The molecule has 0 atom stereocenters. The minimum Gasteiger partial charge on any atom is -0.495 e. The molecule has 28 heavy (non-hydrogen) atoms. The average molecular weight is 394 g/mol. The minimum absolute atomic E-state index is 0.0472. The Labute approximate surface area is 168 Å². The predicted molar refractivity (Wildman–Crippen MR) is 113 cm³/mol. The zero-order chi connectivity index (χ0) is 20.1. The molecular weight excluding hydrogens is 372 g/mol. The number of hydrogen-bond donors (Lipinski definition) is 1. The Kier molecular flexibility index (Phi) is 6.11. The van der Waals surface area contributed by atoms with Gasteiger partial charge >= 0.3 is 0 Å². The van der Waals surface area contributed by atoms with Crippen molar-refractivity contribution in [3.63, 3.8) is 0 Å². The lowest BCUT2D eigenvalue weighted by atomic mass is 10.2. The molecule has 0 aliphatic carbocycles. The largest absolute Gasteiger partial charge is 0.495 e. The van der Waals surface area contributed by atoms with Gasteiger partial charge in [0.05, 0.1) is 13.7 Å². The molecule has 5 nitrogen and oxygen atoms in total. The first-order chi connectivity index (χ1) is 13.5. The van der Waals surface area contributed by atoms with Crippen molar-refractivity contribution in [1.29, 1.82) is 0 Å². The Bertz CT molecular complexity index is 965. The fourth-order valence-corrected chi connectivity index (χ4v) is 3.84. The minimum atomic E-state index is -0.251. The SMILES string of the molecule is COc1cc(-c2ccccc2)sc1C(=O)N(C)CC(=O)Nc1ccc(C)cc1. The summed E-state index contributed by atoms with van der Waals surface area (Å²) in [5.74, 6) is 0.0150. The van der Waals surface area contributed by atoms with E-state index in [1.807, 2.05) is 67.6 Å². The molecule has 0 saturated heterocycles. The Hall–Kier alpha value is -3.12. The monoisotopic (exact) mass is 394 g/mol. The van der Waals surface area contributed by atoms with Crippen LogP contribution in [-0.4, -0.2) is 37.4 Å². The van der Waals surface area contributed by atoms with Gasteiger partial charge in [0.1, 0.15) is 10.6 Å². The normalized spacial score (nSPS) is 10.4. The van der Waals surface area contributed by atoms with Crippen molar-refractivity contribution in [3.8, 4) is 16.2 Å². The van der Waals surface area contributed by atoms with E-state index >= 15 is 0 Å². The number of nitrogens with one attached hydrogen (secondary N) is 1. The van der Waals surface area contributed by atoms with E-state index in [1.54, 1.807) is 7.05 Å². The number of aryl methyl sites for hydroxylation is 1. The highest BCUT2D eigenvalue weighted by atomic mass is 32.1. The van der Waals surface area contributed by atoms with Gasteiger partial charge in [-0.25, -0.2) is 0 Å². The summed E-state index contributed by atoms with van der Waals surface area (Å²) in [6.07, 6.45) is 0. The summed E-state index contributed by atoms with van der Waals surface area (Å²) in [5.41, 5.74) is 2.84. The molecule has 3 aromatic rings. The number of ether oxygens (including phenoxy) is 1. The van der Waals surface area contributed by atoms with Crippen LogP contribution in [0.5, 0.6) is 5.75 Å². The molecule has 0 bridgehead atoms. The number of hydrogen-bond acceptors (Lipinski definition) is 4. The van der Waals surface area contributed by atoms with Crippen molar-refractivity contribution >= 4 is 28.8 Å². The van der Waals surface area contributed by atoms with E-state index < -0.39 is 0 Å². The van der Waals surface area contributed by atoms with Crippen LogP contribution in [0.1, 0.15) is 15.2 Å². The van der Waals surface area contributed by atoms with E-state index in [1.165, 1.54) is 23.3 Å². The maximum Gasteiger partial charge on any atom is 0.267 e. The molecule has 1 heterocycles. The Morgan fingerprint density at radius 3 is 2.39 bits per heavy atom. The number of benzene rings is 2. The predicted octanol–water partition coefficient (Wildman–Crippen LogP) is 4.44. The van der Waals surface area contributed by atoms with Crippen molar-refractivity contribution in [3.05, 3.63) is 71.1 Å². The van der Waals surface area contributed by atoms with Crippen LogP contribution >= 0.6 is 11.3 Å². The van der Waals surface area contributed by atoms with Gasteiger partial charge in [0.2, 0.25) is 5.91 Å². The molecular formula is C22H22N2O3S. The molecule has 0 spiro atoms. The van der Waals surface area contributed by atoms with Crippen LogP contribution in [0, 0.1) is 6.92 Å². The van der Waals surface area contributed by atoms with Crippen molar-refractivity contribution in [2.45, 2.75) is 6.92 Å². The van der Waals surface area contributed by atoms with E-state index in [0.29, 0.717) is 16.3 Å². The van der Waals surface area contributed by atoms with Gasteiger partial charge in [-0.1, -0.05) is 48.0 Å². The van der Waals surface area contributed by atoms with Crippen molar-refractivity contribution < 1.29 is 14.3 Å². The van der Waals surface area contributed by atoms with Crippen LogP contribution in [0.3, 0.4) is 0 Å². The number of likely N-dealkylation sites (N-methyl/N-ethyl adjacent to an activating group) is 1. The van der Waals surface area contributed by atoms with Gasteiger partial charge in [-0.05, 0) is 30.7 Å². The standard InChI is InChI=1S/C22H22N2O3S/c1-15-9-11-17(12-10-15)23-20(25)14-24(2)22(26)21-18(27-3)13-19(28-21)16-7-5-4-6-8-16/h4-13H,14H2,1-3H3,(H,23,25). The summed E-state index contributed by atoms with van der Waals surface area (Å²) >= 11 is 1.36. The fourth-order valence-electron chi connectivity index (χ4n) is 2.72. The van der Waals surface area contributed by atoms with Crippen LogP contribution in [0.2, 0.25) is 0 Å². The summed E-state index contributed by atoms with van der Waals surface area (Å²) in [6.45, 7) is 1.94. The maximum atomic E-state index is 12.9. The van der Waals surface area contributed by atoms with Gasteiger partial charge in [0, 0.05) is 17.6 Å². The number of carbonyl (C=O) groups excluding carboxylic acids is 2. The molecule has 2 aromatic carbocycles. The smallest absolute Gasteiger partial charge is 0.267 e. The summed E-state index contributed by atoms with van der Waals surface area (Å²) < 4.78 is 5.39. The Morgan fingerprint density at radius 2 is 1.75 bits per heavy atom. The molecule has 0 aliphatic rings. The Balaban J connectivity index is 1.71. The highest BCUT2D eigenvalue weighted by Crippen LogP contribution is 2.36. The fraction of sp³-hybridized carbons (Fsp3) is 0.182. The lowest BCUT2D eigenvalue weighted by Gasteiger charge is -2.16. The third kappa shape index (κ3) is 4.58. The second kappa shape index (κ2) is 8.71. The van der Waals surface area contributed by atoms with E-state index in [-0.39, 0.29) is 18.4 Å². The van der Waals surface area contributed by atoms with Gasteiger partial charge in [0.25, 0.3) is 5.91 Å². The first-order valence-corrected chi connectivity index (χ1v) is 9.65. The molecule has 0 aliphatic heterocycles. The number of methoxy groups -OCH3 is 1. The van der Waals surface area contributed by atoms with Crippen LogP contribution in [0.15, 0.2) is 60.7 Å². The van der Waals surface area contributed by atoms with E-state index in [4.69, 9.17) is 4.74 Å². The van der Waals surface area contributed by atoms with Crippen LogP contribution in [-0.2, 0) is 4.79 Å². The number of anilines is 1. The van der Waals surface area contributed by atoms with Crippen molar-refractivity contribution in [2.75, 3.05) is 26.0 Å². The van der Waals surface area contributed by atoms with Gasteiger partial charge in [-0.3, -0.25) is 9.59 Å². The zero-order valence-electron chi connectivity index (χ0n) is 16.1. The highest BCUT2D eigenvalue weighted by molar-refractivity contribution is 7.17. The summed E-state index contributed by atoms with van der Waals surface area (Å²) in [6, 6.07) is 19.2. The molecule has 1 aromatic heterocycles. The third-order valence-corrected chi connectivity index (χ3v) is 5.39. The molecule has 0 fully saturated rings. The van der Waals surface area contributed by atoms with Gasteiger partial charge in [0.15, 0.2) is 0 Å². The molecule has 3 rings (SSSR count). The lowest BCUT2D eigenvalue weighted by molar-refractivity contribution is -0.116. The van der Waals surface area contributed by atoms with E-state index in [0.717, 1.165) is 16.0 Å². The van der Waals surface area contributed by atoms with Gasteiger partial charge < -0.3 is 15.0 Å². The second-order valence-corrected chi connectivity index (χ2v) is 7.50. The molecule has 0 saturated carbocycles. The molecule has 0 radical (unpaired) electrons. The lowest BCUT2D eigenvalue weighted by Crippen LogP contribution is -2.34. The van der Waals surface area contributed by atoms with Crippen LogP contribution < -0.4 is 10.1 Å². The highest BCUT2D eigenvalue weighted by Gasteiger charge is 2.22. The number of thiophene rings is 1. The van der Waals surface area contributed by atoms with Crippen molar-refractivity contribution in [1.82, 2.24) is 4.90 Å². The molecule has 144 valence electrons. The number of nitrogens with zero attached hydrogens (tertiary/aromatic N) is 1.